The Balaban J connectivity index is 1.49. The molecule has 2 amide bonds. The number of aliphatic hydroxyl groups is 1. The summed E-state index contributed by atoms with van der Waals surface area (Å²) in [5, 5.41) is 24.0. The number of carbonyl (C=O) groups excluding carboxylic acids is 2. The van der Waals surface area contributed by atoms with Crippen LogP contribution in [0, 0.1) is 16.0 Å². The Kier molecular flexibility index (Phi) is 6.83. The van der Waals surface area contributed by atoms with Gasteiger partial charge >= 0.3 is 0 Å². The number of halogens is 1. The molecule has 0 bridgehead atoms. The van der Waals surface area contributed by atoms with E-state index in [1.165, 1.54) is 29.2 Å². The number of hydrogen-bond donors (Lipinski definition) is 2. The van der Waals surface area contributed by atoms with E-state index in [4.69, 9.17) is 0 Å². The monoisotopic (exact) mass is 563 g/mol. The van der Waals surface area contributed by atoms with E-state index in [0.717, 1.165) is 4.47 Å². The molecule has 0 saturated carbocycles. The summed E-state index contributed by atoms with van der Waals surface area (Å²) in [5.41, 5.74) is 4.72. The van der Waals surface area contributed by atoms with Crippen LogP contribution in [0.3, 0.4) is 0 Å². The molecule has 1 aromatic heterocycles. The van der Waals surface area contributed by atoms with E-state index in [9.17, 15) is 24.8 Å². The number of aliphatic hydroxyl groups excluding tert-OH is 1. The van der Waals surface area contributed by atoms with Crippen LogP contribution < -0.4 is 5.43 Å². The molecule has 0 aliphatic carbocycles. The summed E-state index contributed by atoms with van der Waals surface area (Å²) in [6, 6.07) is 16.5. The largest absolute Gasteiger partial charge is 0.386 e. The first-order valence-electron chi connectivity index (χ1n) is 11.5. The number of likely N-dealkylation sites (tertiary alicyclic amines) is 1. The fourth-order valence-electron chi connectivity index (χ4n) is 4.60. The molecule has 37 heavy (non-hydrogen) atoms. The summed E-state index contributed by atoms with van der Waals surface area (Å²) in [4.78, 5) is 42.9. The molecule has 3 aromatic rings. The number of fused-ring (bicyclic) bond motifs is 1. The van der Waals surface area contributed by atoms with Crippen LogP contribution in [0.1, 0.15) is 17.4 Å². The first kappa shape index (κ1) is 24.8. The Morgan fingerprint density at radius 1 is 1.03 bits per heavy atom. The number of hydrazine groups is 1. The number of hydrogen-bond acceptors (Lipinski definition) is 8. The third-order valence-electron chi connectivity index (χ3n) is 6.46. The van der Waals surface area contributed by atoms with Crippen molar-refractivity contribution in [2.45, 2.75) is 24.7 Å². The first-order chi connectivity index (χ1) is 17.8. The van der Waals surface area contributed by atoms with Crippen LogP contribution in [-0.4, -0.2) is 48.8 Å². The van der Waals surface area contributed by atoms with Crippen molar-refractivity contribution in [3.05, 3.63) is 111 Å². The number of pyridine rings is 1. The van der Waals surface area contributed by atoms with Gasteiger partial charge < -0.3 is 10.5 Å². The Labute approximate surface area is 220 Å². The molecule has 10 nitrogen and oxygen atoms in total. The zero-order valence-electron chi connectivity index (χ0n) is 19.3. The van der Waals surface area contributed by atoms with E-state index >= 15 is 0 Å². The maximum absolute atomic E-state index is 13.6. The third-order valence-corrected chi connectivity index (χ3v) is 6.99. The lowest BCUT2D eigenvalue weighted by Gasteiger charge is -2.40. The average molecular weight is 564 g/mol. The van der Waals surface area contributed by atoms with Crippen molar-refractivity contribution in [3.63, 3.8) is 0 Å². The number of aromatic nitrogens is 1. The number of nitrogens with zero attached hydrogens (tertiary/aromatic N) is 4. The second-order valence-corrected chi connectivity index (χ2v) is 9.66. The molecule has 2 aliphatic rings. The fraction of sp³-hybridized carbons (Fsp3) is 0.192. The molecule has 1 fully saturated rings. The minimum absolute atomic E-state index is 0.0324. The van der Waals surface area contributed by atoms with Gasteiger partial charge in [-0.05, 0) is 42.0 Å². The van der Waals surface area contributed by atoms with Crippen LogP contribution >= 0.6 is 15.9 Å². The minimum Gasteiger partial charge on any atom is -0.386 e. The maximum atomic E-state index is 13.6. The minimum atomic E-state index is -1.04. The summed E-state index contributed by atoms with van der Waals surface area (Å²) >= 11 is 3.39. The fourth-order valence-corrected chi connectivity index (χ4v) is 4.87. The van der Waals surface area contributed by atoms with E-state index < -0.39 is 34.9 Å². The molecule has 2 aliphatic heterocycles. The van der Waals surface area contributed by atoms with Gasteiger partial charge in [-0.15, -0.1) is 0 Å². The molecule has 4 atom stereocenters. The predicted molar refractivity (Wildman–Crippen MR) is 138 cm³/mol. The van der Waals surface area contributed by atoms with Crippen molar-refractivity contribution in [1.82, 2.24) is 14.9 Å². The Morgan fingerprint density at radius 3 is 2.41 bits per heavy atom. The van der Waals surface area contributed by atoms with Crippen molar-refractivity contribution in [1.29, 1.82) is 0 Å². The number of nitrogens with one attached hydrogen (secondary N) is 1. The second-order valence-electron chi connectivity index (χ2n) is 8.75. The van der Waals surface area contributed by atoms with Crippen molar-refractivity contribution >= 4 is 39.1 Å². The van der Waals surface area contributed by atoms with Gasteiger partial charge in [0, 0.05) is 28.5 Å². The third kappa shape index (κ3) is 4.88. The standard InChI is InChI=1S/C26H22BrN5O5/c27-17-6-4-16(5-7-17)24(33)22-13-12-21-23(31(22)29-18-8-10-20(11-9-18)32(36)37)26(35)30(25(21)34)15-19-3-1-2-14-28-19/h1-14,21-24,29,33H,15H2/t21-,22?,23+,24-/m1/s1. The number of nitro groups is 1. The zero-order valence-corrected chi connectivity index (χ0v) is 20.9. The molecule has 2 N–H and O–H groups in total. The highest BCUT2D eigenvalue weighted by Crippen LogP contribution is 2.37. The number of amides is 2. The zero-order chi connectivity index (χ0) is 26.1. The van der Waals surface area contributed by atoms with E-state index in [-0.39, 0.29) is 18.1 Å². The van der Waals surface area contributed by atoms with Gasteiger partial charge in [0.25, 0.3) is 5.69 Å². The topological polar surface area (TPSA) is 129 Å². The van der Waals surface area contributed by atoms with Gasteiger partial charge in [-0.1, -0.05) is 46.3 Å². The van der Waals surface area contributed by atoms with Crippen molar-refractivity contribution in [2.24, 2.45) is 5.92 Å². The van der Waals surface area contributed by atoms with Crippen molar-refractivity contribution in [3.8, 4) is 0 Å². The number of non-ortho nitro benzene ring substituents is 1. The van der Waals surface area contributed by atoms with E-state index in [0.29, 0.717) is 16.9 Å². The number of rotatable bonds is 7. The van der Waals surface area contributed by atoms with Gasteiger partial charge in [-0.25, -0.2) is 5.01 Å². The Hall–Kier alpha value is -3.93. The summed E-state index contributed by atoms with van der Waals surface area (Å²) < 4.78 is 0.852. The molecular formula is C26H22BrN5O5. The van der Waals surface area contributed by atoms with E-state index in [1.807, 2.05) is 0 Å². The van der Waals surface area contributed by atoms with E-state index in [2.05, 4.69) is 26.3 Å². The second kappa shape index (κ2) is 10.2. The lowest BCUT2D eigenvalue weighted by molar-refractivity contribution is -0.384. The van der Waals surface area contributed by atoms with Crippen molar-refractivity contribution < 1.29 is 19.6 Å². The summed E-state index contributed by atoms with van der Waals surface area (Å²) in [5.74, 6) is -1.55. The summed E-state index contributed by atoms with van der Waals surface area (Å²) in [7, 11) is 0. The van der Waals surface area contributed by atoms with Crippen LogP contribution in [0.15, 0.2) is 89.6 Å². The first-order valence-corrected chi connectivity index (χ1v) is 12.3. The summed E-state index contributed by atoms with van der Waals surface area (Å²) in [6.07, 6.45) is 3.94. The van der Waals surface area contributed by atoms with Gasteiger partial charge in [-0.3, -0.25) is 29.6 Å². The molecule has 3 heterocycles. The number of carbonyl (C=O) groups is 2. The molecule has 1 saturated heterocycles. The SMILES string of the molecule is O=C1[C@@H]2[C@@H](C=CC([C@H](O)c3ccc(Br)cc3)N2Nc2ccc([N+](=O)[O-])cc2)C(=O)N1Cc1ccccn1. The Morgan fingerprint density at radius 2 is 1.76 bits per heavy atom. The number of imide groups is 1. The van der Waals surface area contributed by atoms with Gasteiger partial charge in [0.05, 0.1) is 35.2 Å². The predicted octanol–water partition coefficient (Wildman–Crippen LogP) is 3.61. The van der Waals surface area contributed by atoms with E-state index in [1.54, 1.807) is 65.8 Å². The Bertz CT molecular complexity index is 1350. The molecule has 5 rings (SSSR count). The average Bonchev–Trinajstić information content (AvgIpc) is 3.15. The van der Waals surface area contributed by atoms with Crippen LogP contribution in [0.4, 0.5) is 11.4 Å². The normalized spacial score (nSPS) is 22.1. The van der Waals surface area contributed by atoms with Gasteiger partial charge in [-0.2, -0.15) is 0 Å². The van der Waals surface area contributed by atoms with Crippen molar-refractivity contribution in [2.75, 3.05) is 5.43 Å². The summed E-state index contributed by atoms with van der Waals surface area (Å²) in [6.45, 7) is 0.0324. The number of anilines is 1. The quantitative estimate of drug-likeness (QED) is 0.193. The van der Waals surface area contributed by atoms with Crippen LogP contribution in [0.25, 0.3) is 0 Å². The highest BCUT2D eigenvalue weighted by molar-refractivity contribution is 9.10. The van der Waals surface area contributed by atoms with Crippen LogP contribution in [0.2, 0.25) is 0 Å². The highest BCUT2D eigenvalue weighted by atomic mass is 79.9. The molecule has 1 unspecified atom stereocenters. The number of benzene rings is 2. The molecular weight excluding hydrogens is 542 g/mol. The lowest BCUT2D eigenvalue weighted by atomic mass is 9.90. The van der Waals surface area contributed by atoms with Gasteiger partial charge in [0.2, 0.25) is 11.8 Å². The van der Waals surface area contributed by atoms with Crippen LogP contribution in [-0.2, 0) is 16.1 Å². The van der Waals surface area contributed by atoms with Gasteiger partial charge in [0.1, 0.15) is 6.04 Å². The van der Waals surface area contributed by atoms with Crippen LogP contribution in [0.5, 0.6) is 0 Å². The molecule has 0 spiro atoms. The molecule has 188 valence electrons. The molecule has 0 radical (unpaired) electrons. The highest BCUT2D eigenvalue weighted by Gasteiger charge is 2.53. The van der Waals surface area contributed by atoms with Gasteiger partial charge in [0.15, 0.2) is 0 Å². The number of nitro benzene ring substituents is 1. The smallest absolute Gasteiger partial charge is 0.269 e. The molecule has 2 aromatic carbocycles. The maximum Gasteiger partial charge on any atom is 0.269 e. The lowest BCUT2D eigenvalue weighted by Crippen LogP contribution is -2.55. The molecule has 11 heteroatoms.